The minimum Gasteiger partial charge on any atom is -0.433 e. The van der Waals surface area contributed by atoms with E-state index >= 15 is 0 Å². The van der Waals surface area contributed by atoms with Crippen LogP contribution in [0.1, 0.15) is 26.2 Å². The fourth-order valence-corrected chi connectivity index (χ4v) is 1.69. The van der Waals surface area contributed by atoms with E-state index in [0.29, 0.717) is 0 Å². The zero-order valence-electron chi connectivity index (χ0n) is 6.82. The van der Waals surface area contributed by atoms with Gasteiger partial charge in [0.1, 0.15) is 0 Å². The van der Waals surface area contributed by atoms with Gasteiger partial charge < -0.3 is 9.42 Å². The normalized spacial score (nSPS) is 15.5. The lowest BCUT2D eigenvalue weighted by molar-refractivity contribution is 0.347. The molecule has 0 rings (SSSR count). The van der Waals surface area contributed by atoms with Crippen LogP contribution in [0.4, 0.5) is 0 Å². The van der Waals surface area contributed by atoms with Crippen molar-refractivity contribution < 1.29 is 14.0 Å². The summed E-state index contributed by atoms with van der Waals surface area (Å²) in [6, 6.07) is 0. The summed E-state index contributed by atoms with van der Waals surface area (Å²) in [4.78, 5) is 9.00. The molecule has 0 saturated heterocycles. The third kappa shape index (κ3) is 6.14. The SMILES string of the molecule is C=COP(=O)(O)CCCCC. The Labute approximate surface area is 67.6 Å². The molecule has 4 heteroatoms. The van der Waals surface area contributed by atoms with Crippen LogP contribution >= 0.6 is 7.60 Å². The molecule has 0 bridgehead atoms. The Kier molecular flexibility index (Phi) is 5.26. The average Bonchev–Trinajstić information content (AvgIpc) is 1.87. The molecule has 0 heterocycles. The van der Waals surface area contributed by atoms with Gasteiger partial charge in [-0.3, -0.25) is 0 Å². The molecule has 0 fully saturated rings. The van der Waals surface area contributed by atoms with Gasteiger partial charge in [-0.25, -0.2) is 4.57 Å². The summed E-state index contributed by atoms with van der Waals surface area (Å²) in [6.45, 7) is 5.26. The molecule has 0 aromatic heterocycles. The first kappa shape index (κ1) is 10.7. The Morgan fingerprint density at radius 3 is 2.73 bits per heavy atom. The molecule has 3 nitrogen and oxygen atoms in total. The summed E-state index contributed by atoms with van der Waals surface area (Å²) in [7, 11) is -3.34. The highest BCUT2D eigenvalue weighted by Gasteiger charge is 2.16. The van der Waals surface area contributed by atoms with Crippen LogP contribution in [0.25, 0.3) is 0 Å². The predicted molar refractivity (Wildman–Crippen MR) is 45.5 cm³/mol. The molecule has 66 valence electrons. The number of hydrogen-bond acceptors (Lipinski definition) is 2. The third-order valence-corrected chi connectivity index (χ3v) is 2.64. The van der Waals surface area contributed by atoms with E-state index in [1.165, 1.54) is 0 Å². The topological polar surface area (TPSA) is 46.5 Å². The van der Waals surface area contributed by atoms with Gasteiger partial charge in [0.25, 0.3) is 0 Å². The second kappa shape index (κ2) is 5.39. The molecular formula is C7H15O3P. The maximum Gasteiger partial charge on any atom is 0.376 e. The van der Waals surface area contributed by atoms with Crippen LogP contribution in [-0.4, -0.2) is 11.1 Å². The summed E-state index contributed by atoms with van der Waals surface area (Å²) in [5, 5.41) is 0. The molecule has 0 radical (unpaired) electrons. The maximum atomic E-state index is 11.0. The molecule has 0 aliphatic heterocycles. The van der Waals surface area contributed by atoms with Gasteiger partial charge in [0.05, 0.1) is 12.4 Å². The molecule has 0 amide bonds. The van der Waals surface area contributed by atoms with Gasteiger partial charge in [0, 0.05) is 0 Å². The summed E-state index contributed by atoms with van der Waals surface area (Å²) >= 11 is 0. The zero-order chi connectivity index (χ0) is 8.74. The molecule has 1 N–H and O–H groups in total. The minimum atomic E-state index is -3.34. The van der Waals surface area contributed by atoms with Crippen molar-refractivity contribution in [2.75, 3.05) is 6.16 Å². The van der Waals surface area contributed by atoms with Crippen molar-refractivity contribution >= 4 is 7.60 Å². The van der Waals surface area contributed by atoms with E-state index in [1.54, 1.807) is 0 Å². The van der Waals surface area contributed by atoms with Crippen LogP contribution in [0.5, 0.6) is 0 Å². The lowest BCUT2D eigenvalue weighted by Crippen LogP contribution is -1.89. The second-order valence-corrected chi connectivity index (χ2v) is 4.27. The van der Waals surface area contributed by atoms with E-state index in [2.05, 4.69) is 11.1 Å². The van der Waals surface area contributed by atoms with Crippen molar-refractivity contribution in [3.63, 3.8) is 0 Å². The Balaban J connectivity index is 3.55. The van der Waals surface area contributed by atoms with Crippen LogP contribution in [0.15, 0.2) is 12.8 Å². The Morgan fingerprint density at radius 2 is 2.27 bits per heavy atom. The highest BCUT2D eigenvalue weighted by molar-refractivity contribution is 7.52. The van der Waals surface area contributed by atoms with Crippen LogP contribution in [0.3, 0.4) is 0 Å². The van der Waals surface area contributed by atoms with Gasteiger partial charge in [-0.05, 0) is 6.42 Å². The van der Waals surface area contributed by atoms with Gasteiger partial charge in [-0.15, -0.1) is 0 Å². The van der Waals surface area contributed by atoms with E-state index < -0.39 is 7.60 Å². The summed E-state index contributed by atoms with van der Waals surface area (Å²) in [5.74, 6) is 0. The van der Waals surface area contributed by atoms with Crippen molar-refractivity contribution in [2.45, 2.75) is 26.2 Å². The molecule has 1 unspecified atom stereocenters. The molecular weight excluding hydrogens is 163 g/mol. The summed E-state index contributed by atoms with van der Waals surface area (Å²) in [6.07, 6.45) is 3.98. The minimum absolute atomic E-state index is 0.229. The van der Waals surface area contributed by atoms with Crippen molar-refractivity contribution in [3.8, 4) is 0 Å². The van der Waals surface area contributed by atoms with Crippen molar-refractivity contribution in [2.24, 2.45) is 0 Å². The Morgan fingerprint density at radius 1 is 1.64 bits per heavy atom. The van der Waals surface area contributed by atoms with E-state index in [1.807, 2.05) is 6.92 Å². The molecule has 1 atom stereocenters. The smallest absolute Gasteiger partial charge is 0.376 e. The number of hydrogen-bond donors (Lipinski definition) is 1. The first-order chi connectivity index (χ1) is 5.12. The fourth-order valence-electron chi connectivity index (χ4n) is 0.731. The highest BCUT2D eigenvalue weighted by atomic mass is 31.2. The van der Waals surface area contributed by atoms with Crippen LogP contribution in [-0.2, 0) is 9.09 Å². The van der Waals surface area contributed by atoms with E-state index in [0.717, 1.165) is 25.5 Å². The zero-order valence-corrected chi connectivity index (χ0v) is 7.72. The van der Waals surface area contributed by atoms with Gasteiger partial charge in [-0.2, -0.15) is 0 Å². The average molecular weight is 178 g/mol. The lowest BCUT2D eigenvalue weighted by Gasteiger charge is -2.08. The Bertz CT molecular complexity index is 156. The van der Waals surface area contributed by atoms with Crippen LogP contribution in [0.2, 0.25) is 0 Å². The molecule has 0 aromatic rings. The lowest BCUT2D eigenvalue weighted by atomic mass is 10.3. The monoisotopic (exact) mass is 178 g/mol. The summed E-state index contributed by atoms with van der Waals surface area (Å²) in [5.41, 5.74) is 0. The van der Waals surface area contributed by atoms with Gasteiger partial charge in [0.15, 0.2) is 0 Å². The van der Waals surface area contributed by atoms with Gasteiger partial charge in [0.2, 0.25) is 0 Å². The third-order valence-electron chi connectivity index (χ3n) is 1.28. The van der Waals surface area contributed by atoms with E-state index in [-0.39, 0.29) is 6.16 Å². The molecule has 11 heavy (non-hydrogen) atoms. The van der Waals surface area contributed by atoms with Gasteiger partial charge in [-0.1, -0.05) is 26.3 Å². The predicted octanol–water partition coefficient (Wildman–Crippen LogP) is 2.52. The van der Waals surface area contributed by atoms with Gasteiger partial charge >= 0.3 is 7.60 Å². The maximum absolute atomic E-state index is 11.0. The molecule has 0 spiro atoms. The molecule has 0 saturated carbocycles. The van der Waals surface area contributed by atoms with Crippen LogP contribution < -0.4 is 0 Å². The number of rotatable bonds is 6. The summed E-state index contributed by atoms with van der Waals surface area (Å²) < 4.78 is 15.4. The second-order valence-electron chi connectivity index (χ2n) is 2.34. The van der Waals surface area contributed by atoms with E-state index in [9.17, 15) is 4.57 Å². The Hall–Kier alpha value is -0.270. The van der Waals surface area contributed by atoms with Crippen LogP contribution in [0, 0.1) is 0 Å². The standard InChI is InChI=1S/C7H15O3P/c1-3-5-6-7-11(8,9)10-4-2/h4H,2-3,5-7H2,1H3,(H,8,9). The molecule has 0 aromatic carbocycles. The highest BCUT2D eigenvalue weighted by Crippen LogP contribution is 2.42. The first-order valence-corrected chi connectivity index (χ1v) is 5.50. The fraction of sp³-hybridized carbons (Fsp3) is 0.714. The van der Waals surface area contributed by atoms with Crippen molar-refractivity contribution in [3.05, 3.63) is 12.8 Å². The molecule has 0 aliphatic rings. The quantitative estimate of drug-likeness (QED) is 0.386. The molecule has 0 aliphatic carbocycles. The largest absolute Gasteiger partial charge is 0.433 e. The van der Waals surface area contributed by atoms with E-state index in [4.69, 9.17) is 4.89 Å². The first-order valence-electron chi connectivity index (χ1n) is 3.73. The van der Waals surface area contributed by atoms with Crippen molar-refractivity contribution in [1.29, 1.82) is 0 Å². The van der Waals surface area contributed by atoms with Crippen molar-refractivity contribution in [1.82, 2.24) is 0 Å². The number of unbranched alkanes of at least 4 members (excludes halogenated alkanes) is 2.